The molecule has 1 aliphatic rings. The number of fused-ring (bicyclic) bond motifs is 1. The molecule has 0 aromatic heterocycles. The number of esters is 1. The Morgan fingerprint density at radius 3 is 2.44 bits per heavy atom. The number of carbonyl (C=O) groups excluding carboxylic acids is 1. The Morgan fingerprint density at radius 2 is 1.78 bits per heavy atom. The highest BCUT2D eigenvalue weighted by Crippen LogP contribution is 2.44. The monoisotopic (exact) mass is 534 g/mol. The molecule has 2 aromatic carbocycles. The molecule has 0 heterocycles. The van der Waals surface area contributed by atoms with Crippen molar-refractivity contribution >= 4 is 42.0 Å². The van der Waals surface area contributed by atoms with Crippen molar-refractivity contribution in [3.8, 4) is 0 Å². The molecule has 0 N–H and O–H groups in total. The fourth-order valence-corrected chi connectivity index (χ4v) is 5.52. The number of ether oxygens (including phenoxy) is 1. The molecule has 0 spiro atoms. The Morgan fingerprint density at radius 1 is 1.08 bits per heavy atom. The number of hydrogen-bond donors (Lipinski definition) is 0. The molecule has 0 radical (unpaired) electrons. The first-order valence-electron chi connectivity index (χ1n) is 11.8. The van der Waals surface area contributed by atoms with Gasteiger partial charge in [-0.3, -0.25) is 9.36 Å². The van der Waals surface area contributed by atoms with Gasteiger partial charge in [-0.05, 0) is 114 Å². The second-order valence-corrected chi connectivity index (χ2v) is 11.9. The second-order valence-electron chi connectivity index (χ2n) is 8.50. The van der Waals surface area contributed by atoms with Crippen LogP contribution in [-0.4, -0.2) is 43.3 Å². The normalized spacial score (nSPS) is 16.7. The summed E-state index contributed by atoms with van der Waals surface area (Å²) in [6.07, 6.45) is 4.78. The zero-order valence-electron chi connectivity index (χ0n) is 21.0. The van der Waals surface area contributed by atoms with E-state index >= 15 is 0 Å². The van der Waals surface area contributed by atoms with Crippen LogP contribution < -0.4 is 0 Å². The zero-order valence-corrected chi connectivity index (χ0v) is 22.8. The van der Waals surface area contributed by atoms with Crippen LogP contribution in [0.4, 0.5) is 4.39 Å². The van der Waals surface area contributed by atoms with E-state index in [0.29, 0.717) is 25.0 Å². The second kappa shape index (κ2) is 12.8. The predicted octanol–water partition coefficient (Wildman–Crippen LogP) is 6.48. The van der Waals surface area contributed by atoms with Gasteiger partial charge in [0.1, 0.15) is 12.1 Å². The quantitative estimate of drug-likeness (QED) is 0.134. The Kier molecular flexibility index (Phi) is 10.1. The van der Waals surface area contributed by atoms with Gasteiger partial charge in [0.15, 0.2) is 4.90 Å². The maximum atomic E-state index is 14.1. The van der Waals surface area contributed by atoms with E-state index in [1.807, 2.05) is 37.3 Å². The number of allylic oxidation sites excluding steroid dienone is 2. The topological polar surface area (TPSA) is 84.9 Å². The summed E-state index contributed by atoms with van der Waals surface area (Å²) < 4.78 is 53.4. The summed E-state index contributed by atoms with van der Waals surface area (Å²) in [7, 11) is -3.02. The lowest BCUT2D eigenvalue weighted by Gasteiger charge is -2.12. The number of rotatable bonds is 12. The third kappa shape index (κ3) is 7.64. The fourth-order valence-electron chi connectivity index (χ4n) is 3.99. The van der Waals surface area contributed by atoms with Crippen LogP contribution in [0.15, 0.2) is 52.9 Å². The van der Waals surface area contributed by atoms with Crippen molar-refractivity contribution in [3.63, 3.8) is 0 Å². The van der Waals surface area contributed by atoms with Crippen LogP contribution in [0.2, 0.25) is 0 Å². The van der Waals surface area contributed by atoms with E-state index in [2.05, 4.69) is 0 Å². The van der Waals surface area contributed by atoms with E-state index < -0.39 is 24.7 Å². The Hall–Kier alpha value is -2.22. The highest BCUT2D eigenvalue weighted by Gasteiger charge is 2.26. The largest absolute Gasteiger partial charge is 0.612 e. The molecule has 194 valence electrons. The minimum absolute atomic E-state index is 0.0262. The molecule has 2 atom stereocenters. The van der Waals surface area contributed by atoms with E-state index in [9.17, 15) is 18.3 Å². The van der Waals surface area contributed by atoms with Gasteiger partial charge >= 0.3 is 13.6 Å². The van der Waals surface area contributed by atoms with Gasteiger partial charge < -0.3 is 18.3 Å². The highest BCUT2D eigenvalue weighted by atomic mass is 32.2. The molecule has 36 heavy (non-hydrogen) atoms. The zero-order chi connectivity index (χ0) is 26.3. The van der Waals surface area contributed by atoms with Crippen molar-refractivity contribution in [2.75, 3.05) is 32.7 Å². The third-order valence-corrected chi connectivity index (χ3v) is 8.10. The molecular formula is C27H32FO6PS. The van der Waals surface area contributed by atoms with Gasteiger partial charge in [0.25, 0.3) is 0 Å². The lowest BCUT2D eigenvalue weighted by molar-refractivity contribution is -0.142. The smallest absolute Gasteiger partial charge is 0.327 e. The van der Waals surface area contributed by atoms with Crippen molar-refractivity contribution < 1.29 is 32.1 Å². The maximum absolute atomic E-state index is 14.1. The van der Waals surface area contributed by atoms with Crippen LogP contribution in [0.3, 0.4) is 0 Å². The Balaban J connectivity index is 1.66. The van der Waals surface area contributed by atoms with Gasteiger partial charge in [-0.1, -0.05) is 6.07 Å². The molecule has 0 saturated heterocycles. The first kappa shape index (κ1) is 28.4. The summed E-state index contributed by atoms with van der Waals surface area (Å²) in [6, 6.07) is 12.0. The van der Waals surface area contributed by atoms with Crippen LogP contribution in [0.1, 0.15) is 49.8 Å². The lowest BCUT2D eigenvalue weighted by Crippen LogP contribution is -2.07. The van der Waals surface area contributed by atoms with E-state index in [0.717, 1.165) is 32.7 Å². The third-order valence-electron chi connectivity index (χ3n) is 5.79. The Labute approximate surface area is 215 Å². The molecule has 6 nitrogen and oxygen atoms in total. The summed E-state index contributed by atoms with van der Waals surface area (Å²) in [5.41, 5.74) is 4.99. The molecular weight excluding hydrogens is 502 g/mol. The van der Waals surface area contributed by atoms with Crippen LogP contribution in [0.25, 0.3) is 17.2 Å². The molecule has 3 rings (SSSR count). The molecule has 1 aliphatic carbocycles. The van der Waals surface area contributed by atoms with Gasteiger partial charge in [0.2, 0.25) is 0 Å². The van der Waals surface area contributed by atoms with Crippen molar-refractivity contribution in [2.24, 2.45) is 0 Å². The Bertz CT molecular complexity index is 1190. The number of halogens is 1. The summed E-state index contributed by atoms with van der Waals surface area (Å²) in [5, 5.41) is 0. The standard InChI is InChI=1S/C27H32FO6PS/c1-5-33-35(3,30)34-15-7-6-14-32-27(29)18-25-19(2)24(23-13-10-21(28)17-26(23)25)16-20-8-11-22(12-9-20)36(4)31/h8-13,16-17H,5-7,14-15,18H2,1-4H3/b24-16-. The molecule has 0 amide bonds. The number of benzene rings is 2. The predicted molar refractivity (Wildman–Crippen MR) is 142 cm³/mol. The van der Waals surface area contributed by atoms with E-state index in [1.165, 1.54) is 18.8 Å². The minimum atomic E-state index is -3.02. The number of unbranched alkanes of at least 4 members (excludes halogenated alkanes) is 1. The first-order chi connectivity index (χ1) is 17.1. The van der Waals surface area contributed by atoms with E-state index in [4.69, 9.17) is 13.8 Å². The number of carbonyl (C=O) groups is 1. The molecule has 9 heteroatoms. The van der Waals surface area contributed by atoms with Gasteiger partial charge in [0, 0.05) is 6.66 Å². The fraction of sp³-hybridized carbons (Fsp3) is 0.370. The van der Waals surface area contributed by atoms with Crippen LogP contribution in [0, 0.1) is 5.82 Å². The molecule has 0 bridgehead atoms. The van der Waals surface area contributed by atoms with Crippen molar-refractivity contribution in [3.05, 3.63) is 70.5 Å². The minimum Gasteiger partial charge on any atom is -0.612 e. The maximum Gasteiger partial charge on any atom is 0.327 e. The molecule has 0 saturated carbocycles. The summed E-state index contributed by atoms with van der Waals surface area (Å²) in [5.74, 6) is -0.768. The lowest BCUT2D eigenvalue weighted by atomic mass is 10.0. The molecule has 2 aromatic rings. The first-order valence-corrected chi connectivity index (χ1v) is 15.3. The van der Waals surface area contributed by atoms with Gasteiger partial charge in [-0.25, -0.2) is 4.39 Å². The van der Waals surface area contributed by atoms with Crippen LogP contribution >= 0.6 is 7.60 Å². The number of hydrogen-bond acceptors (Lipinski definition) is 6. The van der Waals surface area contributed by atoms with Gasteiger partial charge in [-0.2, -0.15) is 0 Å². The molecule has 2 unspecified atom stereocenters. The van der Waals surface area contributed by atoms with Crippen LogP contribution in [-0.2, 0) is 34.3 Å². The van der Waals surface area contributed by atoms with Crippen molar-refractivity contribution in [2.45, 2.75) is 38.0 Å². The molecule has 0 aliphatic heterocycles. The van der Waals surface area contributed by atoms with Gasteiger partial charge in [0.05, 0.1) is 26.2 Å². The van der Waals surface area contributed by atoms with Crippen molar-refractivity contribution in [1.29, 1.82) is 0 Å². The summed E-state index contributed by atoms with van der Waals surface area (Å²) >= 11 is -1.06. The van der Waals surface area contributed by atoms with Crippen molar-refractivity contribution in [1.82, 2.24) is 0 Å². The summed E-state index contributed by atoms with van der Waals surface area (Å²) in [6.45, 7) is 5.88. The summed E-state index contributed by atoms with van der Waals surface area (Å²) in [4.78, 5) is 13.3. The SMILES string of the molecule is CCOP(C)(=O)OCCCCOC(=O)CC1=C(C)/C(=C/c2ccc([S+](C)[O-])cc2)c2ccc(F)cc21. The van der Waals surface area contributed by atoms with Gasteiger partial charge in [-0.15, -0.1) is 0 Å². The highest BCUT2D eigenvalue weighted by molar-refractivity contribution is 7.90. The van der Waals surface area contributed by atoms with E-state index in [-0.39, 0.29) is 25.5 Å². The van der Waals surface area contributed by atoms with Crippen LogP contribution in [0.5, 0.6) is 0 Å². The molecule has 0 fully saturated rings. The van der Waals surface area contributed by atoms with E-state index in [1.54, 1.807) is 19.2 Å². The average Bonchev–Trinajstić information content (AvgIpc) is 3.06. The average molecular weight is 535 g/mol.